The van der Waals surface area contributed by atoms with Crippen molar-refractivity contribution in [3.05, 3.63) is 119 Å². The molecule has 4 aromatic carbocycles. The molecule has 0 spiro atoms. The Morgan fingerprint density at radius 2 is 1.57 bits per heavy atom. The van der Waals surface area contributed by atoms with Crippen LogP contribution in [0.2, 0.25) is 0 Å². The first-order valence-corrected chi connectivity index (χ1v) is 11.7. The second-order valence-corrected chi connectivity index (χ2v) is 8.36. The lowest BCUT2D eigenvalue weighted by molar-refractivity contribution is 0.0985. The van der Waals surface area contributed by atoms with Gasteiger partial charge in [0.1, 0.15) is 11.5 Å². The van der Waals surface area contributed by atoms with Crippen LogP contribution in [0.1, 0.15) is 31.8 Å². The smallest absolute Gasteiger partial charge is 0.259 e. The van der Waals surface area contributed by atoms with Gasteiger partial charge in [-0.1, -0.05) is 60.7 Å². The molecule has 0 bridgehead atoms. The van der Waals surface area contributed by atoms with E-state index in [0.717, 1.165) is 16.8 Å². The van der Waals surface area contributed by atoms with Gasteiger partial charge in [0.15, 0.2) is 0 Å². The molecule has 0 aliphatic rings. The van der Waals surface area contributed by atoms with Crippen molar-refractivity contribution in [3.8, 4) is 11.5 Å². The van der Waals surface area contributed by atoms with Gasteiger partial charge in [0.2, 0.25) is 0 Å². The third-order valence-corrected chi connectivity index (χ3v) is 5.87. The summed E-state index contributed by atoms with van der Waals surface area (Å²) in [6.45, 7) is 0.821. The maximum atomic E-state index is 13.4. The van der Waals surface area contributed by atoms with Crippen LogP contribution >= 0.6 is 0 Å². The normalized spacial score (nSPS) is 10.5. The summed E-state index contributed by atoms with van der Waals surface area (Å²) in [6.07, 6.45) is 0. The molecule has 0 saturated carbocycles. The van der Waals surface area contributed by atoms with Crippen molar-refractivity contribution in [2.24, 2.45) is 0 Å². The van der Waals surface area contributed by atoms with Gasteiger partial charge in [-0.05, 0) is 42.0 Å². The lowest BCUT2D eigenvalue weighted by Crippen LogP contribution is -2.27. The molecule has 37 heavy (non-hydrogen) atoms. The minimum atomic E-state index is -0.489. The Morgan fingerprint density at radius 1 is 0.865 bits per heavy atom. The number of phenolic OH excluding ortho intramolecular Hbond substituents is 1. The highest BCUT2D eigenvalue weighted by Crippen LogP contribution is 2.29. The van der Waals surface area contributed by atoms with Gasteiger partial charge >= 0.3 is 0 Å². The van der Waals surface area contributed by atoms with Crippen LogP contribution in [-0.2, 0) is 18.0 Å². The predicted molar refractivity (Wildman–Crippen MR) is 143 cm³/mol. The Kier molecular flexibility index (Phi) is 8.18. The number of hydrogen-bond acceptors (Lipinski definition) is 5. The fourth-order valence-corrected chi connectivity index (χ4v) is 3.90. The van der Waals surface area contributed by atoms with Gasteiger partial charge in [0.05, 0.1) is 31.6 Å². The Bertz CT molecular complexity index is 1390. The molecular formula is C30H28N2O5. The number of amides is 2. The Morgan fingerprint density at radius 3 is 2.32 bits per heavy atom. The van der Waals surface area contributed by atoms with E-state index in [0.29, 0.717) is 30.2 Å². The maximum absolute atomic E-state index is 13.4. The van der Waals surface area contributed by atoms with Crippen LogP contribution in [0, 0.1) is 0 Å². The minimum Gasteiger partial charge on any atom is -0.507 e. The molecule has 7 nitrogen and oxygen atoms in total. The van der Waals surface area contributed by atoms with Gasteiger partial charge in [-0.15, -0.1) is 0 Å². The number of rotatable bonds is 9. The zero-order valence-corrected chi connectivity index (χ0v) is 20.7. The second-order valence-electron chi connectivity index (χ2n) is 8.36. The fourth-order valence-electron chi connectivity index (χ4n) is 3.90. The van der Waals surface area contributed by atoms with Crippen molar-refractivity contribution in [2.75, 3.05) is 24.4 Å². The Balaban J connectivity index is 1.48. The van der Waals surface area contributed by atoms with E-state index in [9.17, 15) is 14.7 Å². The number of aromatic hydroxyl groups is 1. The van der Waals surface area contributed by atoms with Crippen molar-refractivity contribution >= 4 is 23.2 Å². The first-order chi connectivity index (χ1) is 18.0. The van der Waals surface area contributed by atoms with Crippen molar-refractivity contribution < 1.29 is 24.2 Å². The maximum Gasteiger partial charge on any atom is 0.259 e. The van der Waals surface area contributed by atoms with Gasteiger partial charge < -0.3 is 24.8 Å². The molecule has 2 N–H and O–H groups in total. The van der Waals surface area contributed by atoms with E-state index in [2.05, 4.69) is 5.32 Å². The molecule has 0 unspecified atom stereocenters. The highest BCUT2D eigenvalue weighted by molar-refractivity contribution is 6.09. The molecule has 7 heteroatoms. The highest BCUT2D eigenvalue weighted by Gasteiger charge is 2.19. The summed E-state index contributed by atoms with van der Waals surface area (Å²) in [5.74, 6) is -0.536. The van der Waals surface area contributed by atoms with Gasteiger partial charge in [-0.25, -0.2) is 0 Å². The predicted octanol–water partition coefficient (Wildman–Crippen LogP) is 5.65. The summed E-state index contributed by atoms with van der Waals surface area (Å²) in [6, 6.07) is 28.5. The SMILES string of the molecule is COc1cc(C(=O)N(C)c2ccccc2COCc2ccccc2)ccc1NC(=O)c1ccccc1O. The third kappa shape index (κ3) is 6.15. The van der Waals surface area contributed by atoms with Crippen LogP contribution in [0.4, 0.5) is 11.4 Å². The Hall–Kier alpha value is -4.62. The number of para-hydroxylation sites is 2. The number of carbonyl (C=O) groups excluding carboxylic acids is 2. The molecule has 0 aromatic heterocycles. The number of hydrogen-bond donors (Lipinski definition) is 2. The van der Waals surface area contributed by atoms with Crippen LogP contribution in [0.5, 0.6) is 11.5 Å². The highest BCUT2D eigenvalue weighted by atomic mass is 16.5. The van der Waals surface area contributed by atoms with E-state index in [-0.39, 0.29) is 17.2 Å². The van der Waals surface area contributed by atoms with Crippen molar-refractivity contribution in [1.29, 1.82) is 0 Å². The molecule has 0 atom stereocenters. The molecular weight excluding hydrogens is 468 g/mol. The number of nitrogens with zero attached hydrogens (tertiary/aromatic N) is 1. The second kappa shape index (κ2) is 11.9. The molecule has 0 saturated heterocycles. The molecule has 0 aliphatic carbocycles. The van der Waals surface area contributed by atoms with E-state index in [1.807, 2.05) is 54.6 Å². The van der Waals surface area contributed by atoms with E-state index in [1.165, 1.54) is 19.2 Å². The number of carbonyl (C=O) groups is 2. The molecule has 0 radical (unpaired) electrons. The summed E-state index contributed by atoms with van der Waals surface area (Å²) in [5, 5.41) is 12.7. The summed E-state index contributed by atoms with van der Waals surface area (Å²) < 4.78 is 11.3. The van der Waals surface area contributed by atoms with Crippen LogP contribution in [0.3, 0.4) is 0 Å². The molecule has 4 aromatic rings. The van der Waals surface area contributed by atoms with Crippen molar-refractivity contribution in [2.45, 2.75) is 13.2 Å². The number of phenols is 1. The van der Waals surface area contributed by atoms with Gasteiger partial charge in [-0.2, -0.15) is 0 Å². The average Bonchev–Trinajstić information content (AvgIpc) is 2.93. The molecule has 2 amide bonds. The average molecular weight is 497 g/mol. The number of benzene rings is 4. The molecule has 0 aliphatic heterocycles. The number of ether oxygens (including phenoxy) is 2. The summed E-state index contributed by atoms with van der Waals surface area (Å²) in [5.41, 5.74) is 3.59. The zero-order valence-electron chi connectivity index (χ0n) is 20.7. The van der Waals surface area contributed by atoms with Crippen LogP contribution in [-0.4, -0.2) is 31.1 Å². The van der Waals surface area contributed by atoms with Crippen molar-refractivity contribution in [3.63, 3.8) is 0 Å². The Labute approximate surface area is 215 Å². The molecule has 4 rings (SSSR count). The quantitative estimate of drug-likeness (QED) is 0.313. The van der Waals surface area contributed by atoms with Crippen LogP contribution < -0.4 is 15.0 Å². The lowest BCUT2D eigenvalue weighted by atomic mass is 10.1. The summed E-state index contributed by atoms with van der Waals surface area (Å²) in [7, 11) is 3.17. The molecule has 0 fully saturated rings. The van der Waals surface area contributed by atoms with Gasteiger partial charge in [0.25, 0.3) is 11.8 Å². The van der Waals surface area contributed by atoms with Crippen molar-refractivity contribution in [1.82, 2.24) is 0 Å². The lowest BCUT2D eigenvalue weighted by Gasteiger charge is -2.21. The first kappa shape index (κ1) is 25.5. The number of anilines is 2. The standard InChI is InChI=1S/C30H28N2O5/c1-32(26-14-8-6-12-23(26)20-37-19-21-10-4-3-5-11-21)30(35)22-16-17-25(28(18-22)36-2)31-29(34)24-13-7-9-15-27(24)33/h3-18,33H,19-20H2,1-2H3,(H,31,34). The first-order valence-electron chi connectivity index (χ1n) is 11.7. The number of nitrogens with one attached hydrogen (secondary N) is 1. The largest absolute Gasteiger partial charge is 0.507 e. The third-order valence-electron chi connectivity index (χ3n) is 5.87. The van der Waals surface area contributed by atoms with Gasteiger partial charge in [0, 0.05) is 23.9 Å². The molecule has 188 valence electrons. The monoisotopic (exact) mass is 496 g/mol. The minimum absolute atomic E-state index is 0.126. The van der Waals surface area contributed by atoms with Crippen LogP contribution in [0.25, 0.3) is 0 Å². The topological polar surface area (TPSA) is 88.1 Å². The summed E-state index contributed by atoms with van der Waals surface area (Å²) >= 11 is 0. The van der Waals surface area contributed by atoms with E-state index >= 15 is 0 Å². The van der Waals surface area contributed by atoms with Crippen LogP contribution in [0.15, 0.2) is 97.1 Å². The number of methoxy groups -OCH3 is 1. The summed E-state index contributed by atoms with van der Waals surface area (Å²) in [4.78, 5) is 27.6. The van der Waals surface area contributed by atoms with E-state index in [1.54, 1.807) is 42.3 Å². The molecule has 0 heterocycles. The zero-order chi connectivity index (χ0) is 26.2. The van der Waals surface area contributed by atoms with Gasteiger partial charge in [-0.3, -0.25) is 9.59 Å². The fraction of sp³-hybridized carbons (Fsp3) is 0.133. The van der Waals surface area contributed by atoms with E-state index in [4.69, 9.17) is 9.47 Å². The van der Waals surface area contributed by atoms with E-state index < -0.39 is 5.91 Å².